The van der Waals surface area contributed by atoms with Gasteiger partial charge in [-0.3, -0.25) is 4.98 Å². The summed E-state index contributed by atoms with van der Waals surface area (Å²) in [4.78, 5) is 4.83. The second kappa shape index (κ2) is 9.49. The van der Waals surface area contributed by atoms with E-state index in [1.807, 2.05) is 18.3 Å². The Bertz CT molecular complexity index is 804. The second-order valence-electron chi connectivity index (χ2n) is 9.07. The van der Waals surface area contributed by atoms with Crippen molar-refractivity contribution >= 4 is 0 Å². The number of methoxy groups -OCH3 is 1. The number of ether oxygens (including phenoxy) is 2. The summed E-state index contributed by atoms with van der Waals surface area (Å²) in [6.07, 6.45) is 11.2. The second-order valence-corrected chi connectivity index (χ2v) is 9.07. The fourth-order valence-corrected chi connectivity index (χ4v) is 5.71. The van der Waals surface area contributed by atoms with Gasteiger partial charge in [0.25, 0.3) is 0 Å². The third kappa shape index (κ3) is 4.40. The molecule has 2 heterocycles. The van der Waals surface area contributed by atoms with Crippen LogP contribution >= 0.6 is 0 Å². The van der Waals surface area contributed by atoms with Gasteiger partial charge in [0.05, 0.1) is 12.7 Å². The fourth-order valence-electron chi connectivity index (χ4n) is 5.71. The number of nitrogens with one attached hydrogen (secondary N) is 1. The molecular weight excluding hydrogens is 372 g/mol. The van der Waals surface area contributed by atoms with Crippen LogP contribution in [0.5, 0.6) is 5.75 Å². The van der Waals surface area contributed by atoms with Crippen molar-refractivity contribution in [1.82, 2.24) is 10.3 Å². The SMILES string of the molecule is CCC(NCC[C@@]1(c2ccccn2)CCOC2(CCCC2)C1)c1ccccc1OC. The maximum absolute atomic E-state index is 6.39. The van der Waals surface area contributed by atoms with Crippen molar-refractivity contribution in [2.24, 2.45) is 0 Å². The first-order valence-electron chi connectivity index (χ1n) is 11.6. The first kappa shape index (κ1) is 21.3. The number of para-hydroxylation sites is 1. The van der Waals surface area contributed by atoms with E-state index >= 15 is 0 Å². The highest BCUT2D eigenvalue weighted by Gasteiger charge is 2.48. The molecule has 1 spiro atoms. The lowest BCUT2D eigenvalue weighted by atomic mass is 9.68. The lowest BCUT2D eigenvalue weighted by molar-refractivity contribution is -0.104. The zero-order valence-corrected chi connectivity index (χ0v) is 18.5. The van der Waals surface area contributed by atoms with Crippen LogP contribution in [0.25, 0.3) is 0 Å². The average Bonchev–Trinajstić information content (AvgIpc) is 3.24. The molecule has 30 heavy (non-hydrogen) atoms. The molecule has 4 rings (SSSR count). The molecule has 2 atom stereocenters. The van der Waals surface area contributed by atoms with Crippen LogP contribution < -0.4 is 10.1 Å². The topological polar surface area (TPSA) is 43.4 Å². The molecule has 2 aromatic rings. The first-order chi connectivity index (χ1) is 14.7. The zero-order valence-electron chi connectivity index (χ0n) is 18.5. The molecule has 2 aliphatic rings. The Hall–Kier alpha value is -1.91. The Morgan fingerprint density at radius 2 is 1.90 bits per heavy atom. The van der Waals surface area contributed by atoms with Crippen LogP contribution in [0.4, 0.5) is 0 Å². The Kier molecular flexibility index (Phi) is 6.74. The van der Waals surface area contributed by atoms with Crippen molar-refractivity contribution in [2.45, 2.75) is 75.3 Å². The van der Waals surface area contributed by atoms with Crippen LogP contribution in [-0.4, -0.2) is 30.8 Å². The smallest absolute Gasteiger partial charge is 0.123 e. The fraction of sp³-hybridized carbons (Fsp3) is 0.577. The van der Waals surface area contributed by atoms with E-state index in [-0.39, 0.29) is 11.0 Å². The molecule has 4 heteroatoms. The van der Waals surface area contributed by atoms with Crippen molar-refractivity contribution in [3.8, 4) is 5.75 Å². The lowest BCUT2D eigenvalue weighted by Crippen LogP contribution is -2.47. The summed E-state index contributed by atoms with van der Waals surface area (Å²) in [6.45, 7) is 4.05. The van der Waals surface area contributed by atoms with Gasteiger partial charge in [0.1, 0.15) is 5.75 Å². The van der Waals surface area contributed by atoms with Crippen LogP contribution in [0.15, 0.2) is 48.7 Å². The van der Waals surface area contributed by atoms with Gasteiger partial charge in [-0.25, -0.2) is 0 Å². The Morgan fingerprint density at radius 1 is 1.10 bits per heavy atom. The number of benzene rings is 1. The number of hydrogen-bond acceptors (Lipinski definition) is 4. The molecule has 1 N–H and O–H groups in total. The molecule has 1 unspecified atom stereocenters. The molecule has 1 saturated heterocycles. The van der Waals surface area contributed by atoms with E-state index in [1.165, 1.54) is 36.9 Å². The summed E-state index contributed by atoms with van der Waals surface area (Å²) in [7, 11) is 1.75. The molecule has 0 bridgehead atoms. The minimum Gasteiger partial charge on any atom is -0.496 e. The van der Waals surface area contributed by atoms with E-state index in [0.717, 1.165) is 44.6 Å². The van der Waals surface area contributed by atoms with E-state index in [1.54, 1.807) is 7.11 Å². The van der Waals surface area contributed by atoms with Crippen LogP contribution in [0.2, 0.25) is 0 Å². The third-order valence-electron chi connectivity index (χ3n) is 7.29. The largest absolute Gasteiger partial charge is 0.496 e. The van der Waals surface area contributed by atoms with Crippen molar-refractivity contribution in [1.29, 1.82) is 0 Å². The van der Waals surface area contributed by atoms with Gasteiger partial charge in [-0.1, -0.05) is 44.0 Å². The van der Waals surface area contributed by atoms with E-state index in [9.17, 15) is 0 Å². The maximum atomic E-state index is 6.39. The van der Waals surface area contributed by atoms with Gasteiger partial charge < -0.3 is 14.8 Å². The van der Waals surface area contributed by atoms with Gasteiger partial charge in [0.2, 0.25) is 0 Å². The first-order valence-corrected chi connectivity index (χ1v) is 11.6. The highest BCUT2D eigenvalue weighted by Crippen LogP contribution is 2.49. The number of hydrogen-bond donors (Lipinski definition) is 1. The predicted octanol–water partition coefficient (Wildman–Crippen LogP) is 5.58. The zero-order chi connectivity index (χ0) is 20.9. The number of pyridine rings is 1. The number of nitrogens with zero attached hydrogens (tertiary/aromatic N) is 1. The standard InChI is InChI=1S/C26H36N2O2/c1-3-22(21-10-4-5-11-23(21)29-2)27-18-15-25(24-12-6-9-17-28-24)16-19-30-26(20-25)13-7-8-14-26/h4-6,9-12,17,22,27H,3,7-8,13-16,18-20H2,1-2H3/t22?,25-/m1/s1. The maximum Gasteiger partial charge on any atom is 0.123 e. The Morgan fingerprint density at radius 3 is 2.63 bits per heavy atom. The minimum atomic E-state index is 0.0720. The van der Waals surface area contributed by atoms with E-state index in [4.69, 9.17) is 14.5 Å². The molecule has 1 saturated carbocycles. The molecule has 1 aliphatic heterocycles. The molecule has 162 valence electrons. The summed E-state index contributed by atoms with van der Waals surface area (Å²) < 4.78 is 12.0. The van der Waals surface area contributed by atoms with E-state index < -0.39 is 0 Å². The number of aromatic nitrogens is 1. The van der Waals surface area contributed by atoms with Crippen molar-refractivity contribution in [3.05, 3.63) is 59.9 Å². The predicted molar refractivity (Wildman–Crippen MR) is 121 cm³/mol. The van der Waals surface area contributed by atoms with Gasteiger partial charge in [-0.2, -0.15) is 0 Å². The molecule has 0 amide bonds. The summed E-state index contributed by atoms with van der Waals surface area (Å²) >= 11 is 0. The average molecular weight is 409 g/mol. The van der Waals surface area contributed by atoms with Crippen LogP contribution in [-0.2, 0) is 10.2 Å². The van der Waals surface area contributed by atoms with Crippen molar-refractivity contribution < 1.29 is 9.47 Å². The highest BCUT2D eigenvalue weighted by molar-refractivity contribution is 5.35. The van der Waals surface area contributed by atoms with Crippen LogP contribution in [0, 0.1) is 0 Å². The van der Waals surface area contributed by atoms with Gasteiger partial charge >= 0.3 is 0 Å². The molecule has 1 aromatic heterocycles. The number of rotatable bonds is 8. The molecule has 4 nitrogen and oxygen atoms in total. The summed E-state index contributed by atoms with van der Waals surface area (Å²) in [5.41, 5.74) is 2.65. The summed E-state index contributed by atoms with van der Waals surface area (Å²) in [5, 5.41) is 3.83. The molecule has 1 aromatic carbocycles. The Labute approximate surface area is 181 Å². The molecule has 2 fully saturated rings. The molecular formula is C26H36N2O2. The highest BCUT2D eigenvalue weighted by atomic mass is 16.5. The van der Waals surface area contributed by atoms with Gasteiger partial charge in [-0.15, -0.1) is 0 Å². The Balaban J connectivity index is 1.51. The monoisotopic (exact) mass is 408 g/mol. The van der Waals surface area contributed by atoms with Gasteiger partial charge in [-0.05, 0) is 63.3 Å². The van der Waals surface area contributed by atoms with Crippen molar-refractivity contribution in [3.63, 3.8) is 0 Å². The van der Waals surface area contributed by atoms with Crippen LogP contribution in [0.1, 0.15) is 75.6 Å². The lowest BCUT2D eigenvalue weighted by Gasteiger charge is -2.46. The third-order valence-corrected chi connectivity index (χ3v) is 7.29. The van der Waals surface area contributed by atoms with E-state index in [2.05, 4.69) is 42.6 Å². The minimum absolute atomic E-state index is 0.0720. The van der Waals surface area contributed by atoms with Crippen LogP contribution in [0.3, 0.4) is 0 Å². The quantitative estimate of drug-likeness (QED) is 0.619. The normalized spacial score (nSPS) is 24.1. The summed E-state index contributed by atoms with van der Waals surface area (Å²) in [5.74, 6) is 0.965. The summed E-state index contributed by atoms with van der Waals surface area (Å²) in [6, 6.07) is 15.0. The van der Waals surface area contributed by atoms with E-state index in [0.29, 0.717) is 6.04 Å². The molecule has 0 radical (unpaired) electrons. The van der Waals surface area contributed by atoms with Crippen molar-refractivity contribution in [2.75, 3.05) is 20.3 Å². The van der Waals surface area contributed by atoms with Gasteiger partial charge in [0.15, 0.2) is 0 Å². The molecule has 1 aliphatic carbocycles. The van der Waals surface area contributed by atoms with Gasteiger partial charge in [0, 0.05) is 35.5 Å².